The van der Waals surface area contributed by atoms with E-state index in [9.17, 15) is 9.59 Å². The number of benzene rings is 1. The van der Waals surface area contributed by atoms with Crippen LogP contribution < -0.4 is 0 Å². The maximum absolute atomic E-state index is 12.6. The molecule has 2 atom stereocenters. The first-order valence-electron chi connectivity index (χ1n) is 9.11. The molecule has 1 aromatic rings. The highest BCUT2D eigenvalue weighted by molar-refractivity contribution is 5.74. The molecule has 1 fully saturated rings. The maximum Gasteiger partial charge on any atom is 0.410 e. The van der Waals surface area contributed by atoms with E-state index in [1.165, 1.54) is 0 Å². The Balaban J connectivity index is 1.97. The van der Waals surface area contributed by atoms with Crippen LogP contribution in [0.4, 0.5) is 4.79 Å². The molecule has 0 aliphatic carbocycles. The predicted octanol–water partition coefficient (Wildman–Crippen LogP) is 4.18. The van der Waals surface area contributed by atoms with Crippen molar-refractivity contribution in [3.63, 3.8) is 0 Å². The Kier molecular flexibility index (Phi) is 6.83. The van der Waals surface area contributed by atoms with Gasteiger partial charge in [-0.25, -0.2) is 4.79 Å². The SMILES string of the molecule is C/C=C/C1CN(C(=O)OC(C)(C)C)CCC1C(=O)OCc1ccccc1. The minimum absolute atomic E-state index is 0.0652. The molecule has 2 rings (SSSR count). The van der Waals surface area contributed by atoms with E-state index in [2.05, 4.69) is 0 Å². The number of amides is 1. The lowest BCUT2D eigenvalue weighted by atomic mass is 9.85. The van der Waals surface area contributed by atoms with Crippen LogP contribution in [0, 0.1) is 11.8 Å². The van der Waals surface area contributed by atoms with Gasteiger partial charge in [0.2, 0.25) is 0 Å². The number of rotatable bonds is 4. The zero-order valence-electron chi connectivity index (χ0n) is 16.1. The lowest BCUT2D eigenvalue weighted by Crippen LogP contribution is -2.47. The molecule has 0 spiro atoms. The van der Waals surface area contributed by atoms with Gasteiger partial charge in [-0.1, -0.05) is 42.5 Å². The molecule has 0 N–H and O–H groups in total. The van der Waals surface area contributed by atoms with Gasteiger partial charge in [-0.3, -0.25) is 4.79 Å². The molecule has 0 radical (unpaired) electrons. The van der Waals surface area contributed by atoms with Gasteiger partial charge in [-0.15, -0.1) is 0 Å². The summed E-state index contributed by atoms with van der Waals surface area (Å²) in [5, 5.41) is 0. The number of carbonyl (C=O) groups excluding carboxylic acids is 2. The molecule has 142 valence electrons. The zero-order valence-corrected chi connectivity index (χ0v) is 16.1. The second kappa shape index (κ2) is 8.88. The number of piperidine rings is 1. The highest BCUT2D eigenvalue weighted by Gasteiger charge is 2.36. The number of carbonyl (C=O) groups is 2. The smallest absolute Gasteiger partial charge is 0.410 e. The average molecular weight is 359 g/mol. The van der Waals surface area contributed by atoms with Crippen molar-refractivity contribution in [1.29, 1.82) is 0 Å². The summed E-state index contributed by atoms with van der Waals surface area (Å²) in [6, 6.07) is 9.64. The molecule has 0 aromatic heterocycles. The highest BCUT2D eigenvalue weighted by Crippen LogP contribution is 2.27. The number of esters is 1. The Morgan fingerprint density at radius 2 is 1.92 bits per heavy atom. The quantitative estimate of drug-likeness (QED) is 0.598. The second-order valence-corrected chi connectivity index (χ2v) is 7.60. The van der Waals surface area contributed by atoms with Crippen LogP contribution in [-0.2, 0) is 20.9 Å². The van der Waals surface area contributed by atoms with Gasteiger partial charge >= 0.3 is 12.1 Å². The van der Waals surface area contributed by atoms with Crippen molar-refractivity contribution in [3.05, 3.63) is 48.0 Å². The summed E-state index contributed by atoms with van der Waals surface area (Å²) in [7, 11) is 0. The molecule has 0 saturated carbocycles. The fraction of sp³-hybridized carbons (Fsp3) is 0.524. The van der Waals surface area contributed by atoms with Crippen LogP contribution in [0.25, 0.3) is 0 Å². The number of ether oxygens (including phenoxy) is 2. The number of likely N-dealkylation sites (tertiary alicyclic amines) is 1. The van der Waals surface area contributed by atoms with Crippen LogP contribution >= 0.6 is 0 Å². The molecular weight excluding hydrogens is 330 g/mol. The largest absolute Gasteiger partial charge is 0.461 e. The van der Waals surface area contributed by atoms with Crippen molar-refractivity contribution < 1.29 is 19.1 Å². The molecular formula is C21H29NO4. The molecule has 1 aromatic carbocycles. The van der Waals surface area contributed by atoms with E-state index >= 15 is 0 Å². The summed E-state index contributed by atoms with van der Waals surface area (Å²) < 4.78 is 11.0. The van der Waals surface area contributed by atoms with E-state index in [1.807, 2.05) is 70.2 Å². The number of hydrogen-bond donors (Lipinski definition) is 0. The summed E-state index contributed by atoms with van der Waals surface area (Å²) >= 11 is 0. The molecule has 2 unspecified atom stereocenters. The third-order valence-electron chi connectivity index (χ3n) is 4.28. The molecule has 1 aliphatic rings. The van der Waals surface area contributed by atoms with Crippen molar-refractivity contribution in [2.45, 2.75) is 46.3 Å². The van der Waals surface area contributed by atoms with Crippen molar-refractivity contribution in [1.82, 2.24) is 4.90 Å². The molecule has 1 amide bonds. The Morgan fingerprint density at radius 1 is 1.23 bits per heavy atom. The van der Waals surface area contributed by atoms with Crippen molar-refractivity contribution >= 4 is 12.1 Å². The summed E-state index contributed by atoms with van der Waals surface area (Å²) in [6.07, 6.45) is 4.14. The summed E-state index contributed by atoms with van der Waals surface area (Å²) in [5.41, 5.74) is 0.438. The van der Waals surface area contributed by atoms with Gasteiger partial charge in [-0.05, 0) is 39.7 Å². The van der Waals surface area contributed by atoms with E-state index in [-0.39, 0.29) is 30.5 Å². The Labute approximate surface area is 156 Å². The summed E-state index contributed by atoms with van der Waals surface area (Å²) in [5.74, 6) is -0.515. The van der Waals surface area contributed by atoms with Crippen molar-refractivity contribution in [2.24, 2.45) is 11.8 Å². The van der Waals surface area contributed by atoms with Gasteiger partial charge in [0.15, 0.2) is 0 Å². The number of nitrogens with zero attached hydrogens (tertiary/aromatic N) is 1. The van der Waals surface area contributed by atoms with Crippen LogP contribution in [0.3, 0.4) is 0 Å². The third-order valence-corrected chi connectivity index (χ3v) is 4.28. The van der Waals surface area contributed by atoms with Crippen LogP contribution in [0.15, 0.2) is 42.5 Å². The van der Waals surface area contributed by atoms with Crippen LogP contribution in [-0.4, -0.2) is 35.7 Å². The van der Waals surface area contributed by atoms with E-state index in [0.717, 1.165) is 5.56 Å². The molecule has 5 heteroatoms. The number of allylic oxidation sites excluding steroid dienone is 1. The fourth-order valence-electron chi connectivity index (χ4n) is 3.04. The first-order valence-corrected chi connectivity index (χ1v) is 9.11. The monoisotopic (exact) mass is 359 g/mol. The van der Waals surface area contributed by atoms with Gasteiger partial charge in [0.05, 0.1) is 5.92 Å². The predicted molar refractivity (Wildman–Crippen MR) is 100 cm³/mol. The first-order chi connectivity index (χ1) is 12.3. The van der Waals surface area contributed by atoms with Crippen molar-refractivity contribution in [2.75, 3.05) is 13.1 Å². The lowest BCUT2D eigenvalue weighted by Gasteiger charge is -2.36. The summed E-state index contributed by atoms with van der Waals surface area (Å²) in [4.78, 5) is 26.6. The first kappa shape index (κ1) is 20.0. The van der Waals surface area contributed by atoms with Gasteiger partial charge in [0.25, 0.3) is 0 Å². The minimum Gasteiger partial charge on any atom is -0.461 e. The molecule has 26 heavy (non-hydrogen) atoms. The second-order valence-electron chi connectivity index (χ2n) is 7.60. The summed E-state index contributed by atoms with van der Waals surface area (Å²) in [6.45, 7) is 8.69. The van der Waals surface area contributed by atoms with Crippen molar-refractivity contribution in [3.8, 4) is 0 Å². The molecule has 1 heterocycles. The van der Waals surface area contributed by atoms with Crippen LogP contribution in [0.2, 0.25) is 0 Å². The molecule has 1 saturated heterocycles. The standard InChI is InChI=1S/C21H29NO4/c1-5-9-17-14-22(20(24)26-21(2,3)4)13-12-18(17)19(23)25-15-16-10-7-6-8-11-16/h5-11,17-18H,12-15H2,1-4H3/b9-5+. The lowest BCUT2D eigenvalue weighted by molar-refractivity contribution is -0.153. The Bertz CT molecular complexity index is 633. The maximum atomic E-state index is 12.6. The van der Waals surface area contributed by atoms with Gasteiger partial charge in [0, 0.05) is 19.0 Å². The molecule has 0 bridgehead atoms. The topological polar surface area (TPSA) is 55.8 Å². The van der Waals surface area contributed by atoms with Gasteiger partial charge in [0.1, 0.15) is 12.2 Å². The highest BCUT2D eigenvalue weighted by atomic mass is 16.6. The van der Waals surface area contributed by atoms with Gasteiger partial charge in [-0.2, -0.15) is 0 Å². The molecule has 1 aliphatic heterocycles. The van der Waals surface area contributed by atoms with E-state index in [4.69, 9.17) is 9.47 Å². The van der Waals surface area contributed by atoms with E-state index in [1.54, 1.807) is 4.90 Å². The minimum atomic E-state index is -0.529. The number of hydrogen-bond acceptors (Lipinski definition) is 4. The van der Waals surface area contributed by atoms with E-state index < -0.39 is 5.60 Å². The average Bonchev–Trinajstić information content (AvgIpc) is 2.59. The van der Waals surface area contributed by atoms with Gasteiger partial charge < -0.3 is 14.4 Å². The fourth-order valence-corrected chi connectivity index (χ4v) is 3.04. The Morgan fingerprint density at radius 3 is 2.54 bits per heavy atom. The van der Waals surface area contributed by atoms with Crippen LogP contribution in [0.5, 0.6) is 0 Å². The molecule has 5 nitrogen and oxygen atoms in total. The normalized spacial score (nSPS) is 20.8. The third kappa shape index (κ3) is 5.90. The Hall–Kier alpha value is -2.30. The zero-order chi connectivity index (χ0) is 19.2. The van der Waals surface area contributed by atoms with Crippen LogP contribution in [0.1, 0.15) is 39.7 Å². The van der Waals surface area contributed by atoms with E-state index in [0.29, 0.717) is 19.5 Å².